The van der Waals surface area contributed by atoms with Crippen LogP contribution >= 0.6 is 0 Å². The van der Waals surface area contributed by atoms with Gasteiger partial charge in [0.2, 0.25) is 11.8 Å². The van der Waals surface area contributed by atoms with E-state index in [9.17, 15) is 19.2 Å². The molecule has 0 aliphatic rings. The zero-order valence-corrected chi connectivity index (χ0v) is 29.1. The van der Waals surface area contributed by atoms with Crippen LogP contribution in [0.3, 0.4) is 0 Å². The van der Waals surface area contributed by atoms with E-state index in [0.717, 1.165) is 24.0 Å². The second-order valence-corrected chi connectivity index (χ2v) is 12.9. The van der Waals surface area contributed by atoms with Crippen molar-refractivity contribution < 1.29 is 19.2 Å². The number of nitrogens with zero attached hydrogens (tertiary/aromatic N) is 1. The minimum atomic E-state index is -0.708. The SMILES string of the molecule is CCCN(CCC)C(=O)c1cccc(C(=O)N[C@@H](Cc2ccccc2)[C@@H](N)C[C@@H](C)C(=O)N[C@H](C(=O)NCc2ccccc2)C(C)C)c1. The van der Waals surface area contributed by atoms with Gasteiger partial charge in [-0.05, 0) is 60.9 Å². The third kappa shape index (κ3) is 11.6. The van der Waals surface area contributed by atoms with Gasteiger partial charge in [0.25, 0.3) is 11.8 Å². The average molecular weight is 656 g/mol. The highest BCUT2D eigenvalue weighted by Gasteiger charge is 2.29. The lowest BCUT2D eigenvalue weighted by Crippen LogP contribution is -2.53. The molecule has 0 saturated heterocycles. The second kappa shape index (κ2) is 19.4. The predicted molar refractivity (Wildman–Crippen MR) is 191 cm³/mol. The maximum Gasteiger partial charge on any atom is 0.253 e. The van der Waals surface area contributed by atoms with Crippen LogP contribution in [0.15, 0.2) is 84.9 Å². The molecule has 0 fully saturated rings. The number of carbonyl (C=O) groups excluding carboxylic acids is 4. The van der Waals surface area contributed by atoms with Gasteiger partial charge in [-0.2, -0.15) is 0 Å². The van der Waals surface area contributed by atoms with Crippen molar-refractivity contribution in [3.8, 4) is 0 Å². The Balaban J connectivity index is 1.71. The van der Waals surface area contributed by atoms with Crippen LogP contribution in [0, 0.1) is 11.8 Å². The molecule has 0 unspecified atom stereocenters. The van der Waals surface area contributed by atoms with Gasteiger partial charge in [-0.25, -0.2) is 0 Å². The van der Waals surface area contributed by atoms with Gasteiger partial charge in [0.05, 0.1) is 0 Å². The second-order valence-electron chi connectivity index (χ2n) is 12.9. The van der Waals surface area contributed by atoms with Crippen LogP contribution in [0.4, 0.5) is 0 Å². The topological polar surface area (TPSA) is 134 Å². The smallest absolute Gasteiger partial charge is 0.253 e. The molecule has 0 radical (unpaired) electrons. The maximum atomic E-state index is 13.6. The summed E-state index contributed by atoms with van der Waals surface area (Å²) in [7, 11) is 0. The highest BCUT2D eigenvalue weighted by Crippen LogP contribution is 2.16. The van der Waals surface area contributed by atoms with Gasteiger partial charge in [0.1, 0.15) is 6.04 Å². The van der Waals surface area contributed by atoms with Crippen molar-refractivity contribution in [1.29, 1.82) is 0 Å². The van der Waals surface area contributed by atoms with Gasteiger partial charge in [-0.1, -0.05) is 101 Å². The molecule has 0 heterocycles. The van der Waals surface area contributed by atoms with Crippen molar-refractivity contribution in [1.82, 2.24) is 20.9 Å². The fourth-order valence-corrected chi connectivity index (χ4v) is 5.66. The molecule has 0 aliphatic heterocycles. The number of amides is 4. The van der Waals surface area contributed by atoms with E-state index >= 15 is 0 Å². The zero-order chi connectivity index (χ0) is 35.1. The van der Waals surface area contributed by atoms with Gasteiger partial charge in [-0.15, -0.1) is 0 Å². The quantitative estimate of drug-likeness (QED) is 0.151. The molecular weight excluding hydrogens is 602 g/mol. The lowest BCUT2D eigenvalue weighted by Gasteiger charge is -2.29. The molecule has 3 aromatic carbocycles. The van der Waals surface area contributed by atoms with Crippen LogP contribution in [0.5, 0.6) is 0 Å². The van der Waals surface area contributed by atoms with E-state index in [4.69, 9.17) is 5.73 Å². The first-order valence-corrected chi connectivity index (χ1v) is 17.2. The minimum Gasteiger partial charge on any atom is -0.350 e. The molecule has 9 nitrogen and oxygen atoms in total. The van der Waals surface area contributed by atoms with Crippen LogP contribution in [0.2, 0.25) is 0 Å². The molecule has 4 atom stereocenters. The normalized spacial score (nSPS) is 13.6. The molecule has 0 aliphatic carbocycles. The number of hydrogen-bond acceptors (Lipinski definition) is 5. The number of hydrogen-bond donors (Lipinski definition) is 4. The fraction of sp³-hybridized carbons (Fsp3) is 0.436. The van der Waals surface area contributed by atoms with E-state index in [1.54, 1.807) is 31.2 Å². The van der Waals surface area contributed by atoms with Crippen LogP contribution in [0.25, 0.3) is 0 Å². The largest absolute Gasteiger partial charge is 0.350 e. The van der Waals surface area contributed by atoms with Gasteiger partial charge < -0.3 is 26.6 Å². The molecule has 3 rings (SSSR count). The molecule has 4 amide bonds. The molecule has 0 saturated carbocycles. The number of carbonyl (C=O) groups is 4. The molecule has 258 valence electrons. The summed E-state index contributed by atoms with van der Waals surface area (Å²) in [6, 6.07) is 24.3. The third-order valence-electron chi connectivity index (χ3n) is 8.41. The van der Waals surface area contributed by atoms with E-state index in [-0.39, 0.29) is 36.0 Å². The first-order chi connectivity index (χ1) is 23.0. The van der Waals surface area contributed by atoms with Crippen molar-refractivity contribution in [2.75, 3.05) is 13.1 Å². The lowest BCUT2D eigenvalue weighted by atomic mass is 9.91. The molecule has 0 spiro atoms. The van der Waals surface area contributed by atoms with E-state index in [1.807, 2.05) is 93.3 Å². The number of benzene rings is 3. The molecule has 48 heavy (non-hydrogen) atoms. The Kier molecular flexibility index (Phi) is 15.3. The summed E-state index contributed by atoms with van der Waals surface area (Å²) in [5.41, 5.74) is 9.53. The maximum absolute atomic E-state index is 13.6. The zero-order valence-electron chi connectivity index (χ0n) is 29.1. The monoisotopic (exact) mass is 655 g/mol. The number of nitrogens with one attached hydrogen (secondary N) is 3. The van der Waals surface area contributed by atoms with Crippen molar-refractivity contribution in [2.45, 2.75) is 85.0 Å². The minimum absolute atomic E-state index is 0.0980. The summed E-state index contributed by atoms with van der Waals surface area (Å²) in [6.07, 6.45) is 2.43. The standard InChI is InChI=1S/C39H53N5O4/c1-6-21-44(22-7-2)39(48)32-20-14-19-31(25-32)37(46)42-34(24-29-15-10-8-11-16-29)33(40)23-28(5)36(45)43-35(27(3)4)38(47)41-26-30-17-12-9-13-18-30/h8-20,25,27-28,33-35H,6-7,21-24,26,40H2,1-5H3,(H,41,47)(H,42,46)(H,43,45)/t28-,33+,34+,35+/m1/s1. The van der Waals surface area contributed by atoms with Gasteiger partial charge in [0, 0.05) is 48.8 Å². The molecule has 9 heteroatoms. The van der Waals surface area contributed by atoms with Crippen molar-refractivity contribution >= 4 is 23.6 Å². The molecular formula is C39H53N5O4. The highest BCUT2D eigenvalue weighted by atomic mass is 16.2. The van der Waals surface area contributed by atoms with E-state index in [1.165, 1.54) is 0 Å². The van der Waals surface area contributed by atoms with E-state index in [0.29, 0.717) is 37.2 Å². The summed E-state index contributed by atoms with van der Waals surface area (Å²) in [5, 5.41) is 8.95. The summed E-state index contributed by atoms with van der Waals surface area (Å²) < 4.78 is 0. The van der Waals surface area contributed by atoms with E-state index < -0.39 is 24.0 Å². The first-order valence-electron chi connectivity index (χ1n) is 17.2. The van der Waals surface area contributed by atoms with Crippen LogP contribution in [0.1, 0.15) is 85.7 Å². The van der Waals surface area contributed by atoms with Crippen LogP contribution in [-0.4, -0.2) is 59.7 Å². The fourth-order valence-electron chi connectivity index (χ4n) is 5.66. The molecule has 0 bridgehead atoms. The summed E-state index contributed by atoms with van der Waals surface area (Å²) in [5.74, 6) is -1.62. The molecule has 5 N–H and O–H groups in total. The lowest BCUT2D eigenvalue weighted by molar-refractivity contribution is -0.132. The Morgan fingerprint density at radius 1 is 0.729 bits per heavy atom. The Hall–Kier alpha value is -4.50. The Morgan fingerprint density at radius 3 is 1.90 bits per heavy atom. The Labute approximate surface area is 286 Å². The average Bonchev–Trinajstić information content (AvgIpc) is 3.09. The molecule has 0 aromatic heterocycles. The number of nitrogens with two attached hydrogens (primary N) is 1. The summed E-state index contributed by atoms with van der Waals surface area (Å²) in [6.45, 7) is 11.3. The van der Waals surface area contributed by atoms with Gasteiger partial charge in [0.15, 0.2) is 0 Å². The summed E-state index contributed by atoms with van der Waals surface area (Å²) >= 11 is 0. The third-order valence-corrected chi connectivity index (χ3v) is 8.41. The summed E-state index contributed by atoms with van der Waals surface area (Å²) in [4.78, 5) is 55.1. The van der Waals surface area contributed by atoms with Crippen LogP contribution in [-0.2, 0) is 22.6 Å². The van der Waals surface area contributed by atoms with Crippen molar-refractivity contribution in [3.63, 3.8) is 0 Å². The molecule has 3 aromatic rings. The van der Waals surface area contributed by atoms with Crippen molar-refractivity contribution in [2.24, 2.45) is 17.6 Å². The first kappa shape index (κ1) is 38.0. The van der Waals surface area contributed by atoms with Crippen LogP contribution < -0.4 is 21.7 Å². The Morgan fingerprint density at radius 2 is 1.31 bits per heavy atom. The highest BCUT2D eigenvalue weighted by molar-refractivity contribution is 5.99. The predicted octanol–water partition coefficient (Wildman–Crippen LogP) is 5.10. The van der Waals surface area contributed by atoms with Crippen molar-refractivity contribution in [3.05, 3.63) is 107 Å². The number of rotatable bonds is 18. The Bertz CT molecular complexity index is 1460. The van der Waals surface area contributed by atoms with Gasteiger partial charge in [-0.3, -0.25) is 19.2 Å². The van der Waals surface area contributed by atoms with E-state index in [2.05, 4.69) is 16.0 Å². The van der Waals surface area contributed by atoms with Gasteiger partial charge >= 0.3 is 0 Å².